The molecule has 32 heavy (non-hydrogen) atoms. The van der Waals surface area contributed by atoms with Gasteiger partial charge in [-0.25, -0.2) is 23.4 Å². The molecule has 0 radical (unpaired) electrons. The Hall–Kier alpha value is -3.56. The van der Waals surface area contributed by atoms with Crippen molar-refractivity contribution in [2.75, 3.05) is 0 Å². The van der Waals surface area contributed by atoms with Crippen LogP contribution in [0.5, 0.6) is 0 Å². The normalized spacial score (nSPS) is 14.7. The molecule has 0 bridgehead atoms. The second-order valence-corrected chi connectivity index (χ2v) is 8.85. The lowest BCUT2D eigenvalue weighted by molar-refractivity contribution is -0.147. The largest absolute Gasteiger partial charge is 0.404 e. The summed E-state index contributed by atoms with van der Waals surface area (Å²) in [5.41, 5.74) is 2.61. The number of fused-ring (bicyclic) bond motifs is 1. The van der Waals surface area contributed by atoms with Crippen molar-refractivity contribution >= 4 is 26.8 Å². The third kappa shape index (κ3) is 3.65. The Balaban J connectivity index is 1.82. The summed E-state index contributed by atoms with van der Waals surface area (Å²) in [5.74, 6) is 0.0289. The van der Waals surface area contributed by atoms with Crippen molar-refractivity contribution < 1.29 is 21.6 Å². The third-order valence-electron chi connectivity index (χ3n) is 4.82. The summed E-state index contributed by atoms with van der Waals surface area (Å²) >= 11 is 0. The predicted octanol–water partition coefficient (Wildman–Crippen LogP) is 3.31. The van der Waals surface area contributed by atoms with E-state index < -0.39 is 27.1 Å². The number of aromatic nitrogens is 4. The molecule has 3 aromatic heterocycles. The first kappa shape index (κ1) is 21.7. The number of nitriles is 1. The molecule has 0 aromatic carbocycles. The molecule has 8 nitrogen and oxygen atoms in total. The van der Waals surface area contributed by atoms with Gasteiger partial charge in [-0.15, -0.1) is 0 Å². The van der Waals surface area contributed by atoms with Gasteiger partial charge in [-0.1, -0.05) is 6.08 Å². The first-order chi connectivity index (χ1) is 15.0. The number of nitrogens with one attached hydrogen (secondary N) is 1. The highest BCUT2D eigenvalue weighted by Gasteiger charge is 2.39. The van der Waals surface area contributed by atoms with E-state index in [9.17, 15) is 26.9 Å². The van der Waals surface area contributed by atoms with Crippen LogP contribution in [0.2, 0.25) is 0 Å². The number of pyridine rings is 1. The SMILES string of the molecule is Cc1cnc2c(c1)c(C#N)c(-c1ncc(S(=O)(=O)NC(C)C(F)(F)F)cn1)n2C1=CC=C1. The van der Waals surface area contributed by atoms with Gasteiger partial charge in [0.05, 0.1) is 18.0 Å². The fraction of sp³-hybridized carbons (Fsp3) is 0.200. The quantitative estimate of drug-likeness (QED) is 0.625. The maximum atomic E-state index is 12.7. The van der Waals surface area contributed by atoms with E-state index >= 15 is 0 Å². The average molecular weight is 460 g/mol. The van der Waals surface area contributed by atoms with E-state index in [-0.39, 0.29) is 11.4 Å². The van der Waals surface area contributed by atoms with Crippen molar-refractivity contribution in [3.8, 4) is 17.6 Å². The van der Waals surface area contributed by atoms with Crippen molar-refractivity contribution in [3.05, 3.63) is 54.0 Å². The van der Waals surface area contributed by atoms with Gasteiger partial charge < -0.3 is 0 Å². The molecule has 0 saturated heterocycles. The first-order valence-corrected chi connectivity index (χ1v) is 10.7. The molecule has 1 N–H and O–H groups in total. The van der Waals surface area contributed by atoms with E-state index in [0.717, 1.165) is 23.7 Å². The van der Waals surface area contributed by atoms with Crippen LogP contribution in [0.25, 0.3) is 28.2 Å². The fourth-order valence-electron chi connectivity index (χ4n) is 3.12. The van der Waals surface area contributed by atoms with Crippen LogP contribution in [0.1, 0.15) is 18.1 Å². The highest BCUT2D eigenvalue weighted by molar-refractivity contribution is 7.89. The number of sulfonamides is 1. The summed E-state index contributed by atoms with van der Waals surface area (Å²) in [4.78, 5) is 12.0. The standard InChI is InChI=1S/C20H15F3N6O2S/c1-11-6-15-16(7-24)17(29(13-4-3-5-13)19(15)27-8-11)18-25-9-14(10-26-18)32(30,31)28-12(2)20(21,22)23/h3-6,8-10,12,28H,1-2H3. The summed E-state index contributed by atoms with van der Waals surface area (Å²) in [6.07, 6.45) is 4.11. The zero-order chi connectivity index (χ0) is 23.3. The number of aryl methyl sites for hydroxylation is 1. The molecule has 1 aliphatic carbocycles. The van der Waals surface area contributed by atoms with Gasteiger partial charge in [0, 0.05) is 17.3 Å². The molecule has 1 unspecified atom stereocenters. The van der Waals surface area contributed by atoms with Crippen molar-refractivity contribution in [1.29, 1.82) is 5.26 Å². The maximum Gasteiger partial charge on any atom is 0.404 e. The summed E-state index contributed by atoms with van der Waals surface area (Å²) in [6.45, 7) is 2.53. The van der Waals surface area contributed by atoms with Crippen molar-refractivity contribution in [1.82, 2.24) is 24.2 Å². The minimum absolute atomic E-state index is 0.0289. The van der Waals surface area contributed by atoms with E-state index in [1.165, 1.54) is 0 Å². The van der Waals surface area contributed by atoms with E-state index in [2.05, 4.69) is 21.0 Å². The Labute approximate surface area is 180 Å². The van der Waals surface area contributed by atoms with Crippen molar-refractivity contribution in [3.63, 3.8) is 0 Å². The monoisotopic (exact) mass is 460 g/mol. The molecule has 1 aliphatic rings. The van der Waals surface area contributed by atoms with Gasteiger partial charge in [-0.3, -0.25) is 4.57 Å². The van der Waals surface area contributed by atoms with Gasteiger partial charge in [0.25, 0.3) is 0 Å². The number of halogens is 3. The van der Waals surface area contributed by atoms with Gasteiger partial charge in [0.1, 0.15) is 28.3 Å². The maximum absolute atomic E-state index is 12.7. The molecule has 12 heteroatoms. The number of nitrogens with zero attached hydrogens (tertiary/aromatic N) is 5. The molecule has 0 spiro atoms. The van der Waals surface area contributed by atoms with Gasteiger partial charge in [0.15, 0.2) is 5.82 Å². The fourth-order valence-corrected chi connectivity index (χ4v) is 4.24. The summed E-state index contributed by atoms with van der Waals surface area (Å²) in [6, 6.07) is 1.64. The summed E-state index contributed by atoms with van der Waals surface area (Å²) in [7, 11) is -4.51. The molecule has 0 fully saturated rings. The minimum atomic E-state index is -4.74. The first-order valence-electron chi connectivity index (χ1n) is 9.24. The molecule has 0 aliphatic heterocycles. The number of rotatable bonds is 5. The molecule has 0 amide bonds. The predicted molar refractivity (Wildman–Crippen MR) is 109 cm³/mol. The second-order valence-electron chi connectivity index (χ2n) is 7.13. The lowest BCUT2D eigenvalue weighted by Gasteiger charge is -2.17. The summed E-state index contributed by atoms with van der Waals surface area (Å²) < 4.78 is 66.1. The minimum Gasteiger partial charge on any atom is -0.290 e. The smallest absolute Gasteiger partial charge is 0.290 e. The Bertz CT molecular complexity index is 1430. The van der Waals surface area contributed by atoms with Crippen molar-refractivity contribution in [2.24, 2.45) is 0 Å². The molecule has 1 atom stereocenters. The Morgan fingerprint density at radius 1 is 1.19 bits per heavy atom. The molecular weight excluding hydrogens is 445 g/mol. The van der Waals surface area contributed by atoms with Crippen LogP contribution in [0.4, 0.5) is 13.2 Å². The number of hydrogen-bond acceptors (Lipinski definition) is 6. The highest BCUT2D eigenvalue weighted by Crippen LogP contribution is 2.35. The van der Waals surface area contributed by atoms with Crippen LogP contribution >= 0.6 is 0 Å². The number of hydrogen-bond donors (Lipinski definition) is 1. The van der Waals surface area contributed by atoms with Crippen molar-refractivity contribution in [2.45, 2.75) is 31.0 Å². The van der Waals surface area contributed by atoms with Gasteiger partial charge in [0.2, 0.25) is 10.0 Å². The lowest BCUT2D eigenvalue weighted by atomic mass is 10.1. The lowest BCUT2D eigenvalue weighted by Crippen LogP contribution is -2.43. The molecule has 3 aromatic rings. The zero-order valence-corrected chi connectivity index (χ0v) is 17.5. The molecule has 4 rings (SSSR count). The van der Waals surface area contributed by atoms with E-state index in [0.29, 0.717) is 23.7 Å². The topological polar surface area (TPSA) is 114 Å². The average Bonchev–Trinajstić information content (AvgIpc) is 2.99. The van der Waals surface area contributed by atoms with Crippen LogP contribution in [-0.4, -0.2) is 40.2 Å². The van der Waals surface area contributed by atoms with E-state index in [4.69, 9.17) is 0 Å². The molecule has 0 saturated carbocycles. The van der Waals surface area contributed by atoms with Crippen LogP contribution in [-0.2, 0) is 10.0 Å². The van der Waals surface area contributed by atoms with Gasteiger partial charge >= 0.3 is 6.18 Å². The number of alkyl halides is 3. The van der Waals surface area contributed by atoms with Crippen LogP contribution in [0.3, 0.4) is 0 Å². The van der Waals surface area contributed by atoms with E-state index in [1.807, 2.05) is 6.92 Å². The zero-order valence-electron chi connectivity index (χ0n) is 16.7. The molecule has 3 heterocycles. The Kier molecular flexibility index (Phi) is 5.10. The van der Waals surface area contributed by atoms with Crippen LogP contribution in [0, 0.1) is 18.3 Å². The Morgan fingerprint density at radius 2 is 1.84 bits per heavy atom. The molecule has 164 valence electrons. The third-order valence-corrected chi connectivity index (χ3v) is 6.32. The van der Waals surface area contributed by atoms with Crippen LogP contribution in [0.15, 0.2) is 47.8 Å². The highest BCUT2D eigenvalue weighted by atomic mass is 32.2. The van der Waals surface area contributed by atoms with Crippen LogP contribution < -0.4 is 4.72 Å². The number of allylic oxidation sites excluding steroid dienone is 4. The van der Waals surface area contributed by atoms with Gasteiger partial charge in [-0.05, 0) is 37.6 Å². The summed E-state index contributed by atoms with van der Waals surface area (Å²) in [5, 5.41) is 10.4. The van der Waals surface area contributed by atoms with Gasteiger partial charge in [-0.2, -0.15) is 23.2 Å². The van der Waals surface area contributed by atoms with E-state index in [1.54, 1.807) is 39.8 Å². The Morgan fingerprint density at radius 3 is 2.38 bits per heavy atom. The molecular formula is C20H15F3N6O2S. The second kappa shape index (κ2) is 7.54.